The molecule has 0 saturated carbocycles. The van der Waals surface area contributed by atoms with Crippen LogP contribution in [-0.4, -0.2) is 111 Å². The van der Waals surface area contributed by atoms with Crippen molar-refractivity contribution in [3.8, 4) is 0 Å². The maximum Gasteiger partial charge on any atom is 0.236 e. The first-order valence-corrected chi connectivity index (χ1v) is 10.7. The lowest BCUT2D eigenvalue weighted by atomic mass is 10.0. The number of ether oxygens (including phenoxy) is 2. The number of piperidine rings is 1. The van der Waals surface area contributed by atoms with Gasteiger partial charge in [-0.15, -0.1) is 0 Å². The molecule has 9 heteroatoms. The highest BCUT2D eigenvalue weighted by Crippen LogP contribution is 2.21. The van der Waals surface area contributed by atoms with Gasteiger partial charge in [-0.2, -0.15) is 4.98 Å². The van der Waals surface area contributed by atoms with Gasteiger partial charge >= 0.3 is 0 Å². The first-order chi connectivity index (χ1) is 14.2. The van der Waals surface area contributed by atoms with Crippen molar-refractivity contribution in [2.24, 2.45) is 0 Å². The average molecular weight is 405 g/mol. The Balaban J connectivity index is 1.35. The minimum atomic E-state index is 0.210. The van der Waals surface area contributed by atoms with Gasteiger partial charge in [0, 0.05) is 52.0 Å². The second-order valence-corrected chi connectivity index (χ2v) is 7.95. The largest absolute Gasteiger partial charge is 0.378 e. The molecule has 0 spiro atoms. The van der Waals surface area contributed by atoms with E-state index in [0.29, 0.717) is 38.9 Å². The maximum atomic E-state index is 12.6. The zero-order valence-electron chi connectivity index (χ0n) is 17.3. The zero-order chi connectivity index (χ0) is 20.1. The number of anilines is 2. The molecule has 0 aliphatic carbocycles. The number of likely N-dealkylation sites (N-methyl/N-ethyl adjacent to an activating group) is 1. The molecule has 4 rings (SSSR count). The van der Waals surface area contributed by atoms with Crippen LogP contribution in [0.4, 0.5) is 11.8 Å². The van der Waals surface area contributed by atoms with E-state index < -0.39 is 0 Å². The molecule has 1 aromatic rings. The van der Waals surface area contributed by atoms with Gasteiger partial charge in [-0.3, -0.25) is 9.69 Å². The number of likely N-dealkylation sites (tertiary alicyclic amines) is 1. The van der Waals surface area contributed by atoms with Gasteiger partial charge in [0.05, 0.1) is 33.0 Å². The lowest BCUT2D eigenvalue weighted by Crippen LogP contribution is -2.51. The van der Waals surface area contributed by atoms with Gasteiger partial charge in [0.15, 0.2) is 0 Å². The van der Waals surface area contributed by atoms with E-state index in [4.69, 9.17) is 14.5 Å². The molecule has 29 heavy (non-hydrogen) atoms. The van der Waals surface area contributed by atoms with Crippen molar-refractivity contribution in [1.82, 2.24) is 19.8 Å². The zero-order valence-corrected chi connectivity index (χ0v) is 17.3. The van der Waals surface area contributed by atoms with Crippen molar-refractivity contribution in [3.05, 3.63) is 12.3 Å². The summed E-state index contributed by atoms with van der Waals surface area (Å²) in [5.74, 6) is 1.92. The smallest absolute Gasteiger partial charge is 0.236 e. The standard InChI is InChI=1S/C20H32N6O3/c1-23(20-21-5-4-18(22-20)25-7-11-28-12-8-25)17-3-2-6-24(15-17)16-19(27)26-9-13-29-14-10-26/h4-5,17H,2-3,6-16H2,1H3. The number of nitrogens with zero attached hydrogens (tertiary/aromatic N) is 6. The van der Waals surface area contributed by atoms with Crippen LogP contribution in [0.15, 0.2) is 12.3 Å². The van der Waals surface area contributed by atoms with Crippen LogP contribution in [0.5, 0.6) is 0 Å². The van der Waals surface area contributed by atoms with Crippen molar-refractivity contribution < 1.29 is 14.3 Å². The van der Waals surface area contributed by atoms with Gasteiger partial charge in [0.25, 0.3) is 0 Å². The van der Waals surface area contributed by atoms with E-state index in [-0.39, 0.29) is 5.91 Å². The molecule has 3 aliphatic heterocycles. The predicted molar refractivity (Wildman–Crippen MR) is 110 cm³/mol. The van der Waals surface area contributed by atoms with Crippen molar-refractivity contribution in [3.63, 3.8) is 0 Å². The molecule has 9 nitrogen and oxygen atoms in total. The van der Waals surface area contributed by atoms with Gasteiger partial charge in [0.2, 0.25) is 11.9 Å². The van der Waals surface area contributed by atoms with E-state index >= 15 is 0 Å². The van der Waals surface area contributed by atoms with Crippen LogP contribution < -0.4 is 9.80 Å². The number of carbonyl (C=O) groups excluding carboxylic acids is 1. The Morgan fingerprint density at radius 1 is 1.14 bits per heavy atom. The first kappa shape index (κ1) is 20.3. The minimum absolute atomic E-state index is 0.210. The third-order valence-electron chi connectivity index (χ3n) is 6.03. The molecule has 3 saturated heterocycles. The molecule has 1 atom stereocenters. The summed E-state index contributed by atoms with van der Waals surface area (Å²) >= 11 is 0. The Hall–Kier alpha value is -1.97. The average Bonchev–Trinajstić information content (AvgIpc) is 2.80. The van der Waals surface area contributed by atoms with Crippen molar-refractivity contribution in [1.29, 1.82) is 0 Å². The van der Waals surface area contributed by atoms with Gasteiger partial charge in [0.1, 0.15) is 5.82 Å². The predicted octanol–water partition coefficient (Wildman–Crippen LogP) is 0.0726. The third-order valence-corrected chi connectivity index (χ3v) is 6.03. The van der Waals surface area contributed by atoms with E-state index in [2.05, 4.69) is 26.7 Å². The molecule has 3 fully saturated rings. The monoisotopic (exact) mass is 404 g/mol. The van der Waals surface area contributed by atoms with Crippen LogP contribution in [0, 0.1) is 0 Å². The summed E-state index contributed by atoms with van der Waals surface area (Å²) in [6.07, 6.45) is 4.00. The number of carbonyl (C=O) groups is 1. The van der Waals surface area contributed by atoms with Gasteiger partial charge in [-0.25, -0.2) is 4.98 Å². The molecule has 160 valence electrons. The van der Waals surface area contributed by atoms with Gasteiger partial charge < -0.3 is 24.2 Å². The summed E-state index contributed by atoms with van der Waals surface area (Å²) in [5.41, 5.74) is 0. The van der Waals surface area contributed by atoms with Crippen LogP contribution in [0.3, 0.4) is 0 Å². The van der Waals surface area contributed by atoms with Crippen molar-refractivity contribution >= 4 is 17.7 Å². The third kappa shape index (κ3) is 5.15. The number of rotatable bonds is 5. The van der Waals surface area contributed by atoms with Crippen molar-refractivity contribution in [2.75, 3.05) is 89.1 Å². The number of amides is 1. The van der Waals surface area contributed by atoms with Crippen molar-refractivity contribution in [2.45, 2.75) is 18.9 Å². The molecule has 0 radical (unpaired) electrons. The number of morpholine rings is 2. The topological polar surface area (TPSA) is 74.3 Å². The van der Waals surface area contributed by atoms with E-state index in [1.165, 1.54) is 0 Å². The van der Waals surface area contributed by atoms with Crippen LogP contribution >= 0.6 is 0 Å². The normalized spacial score (nSPS) is 23.8. The van der Waals surface area contributed by atoms with E-state index in [0.717, 1.165) is 64.0 Å². The molecule has 1 amide bonds. The Labute approximate surface area is 172 Å². The lowest BCUT2D eigenvalue weighted by Gasteiger charge is -2.38. The van der Waals surface area contributed by atoms with Crippen LogP contribution in [0.25, 0.3) is 0 Å². The molecule has 1 aromatic heterocycles. The van der Waals surface area contributed by atoms with E-state index in [9.17, 15) is 4.79 Å². The summed E-state index contributed by atoms with van der Waals surface area (Å²) in [6.45, 7) is 8.22. The molecule has 0 N–H and O–H groups in total. The minimum Gasteiger partial charge on any atom is -0.378 e. The van der Waals surface area contributed by atoms with Gasteiger partial charge in [-0.1, -0.05) is 0 Å². The van der Waals surface area contributed by atoms with E-state index in [1.807, 2.05) is 17.2 Å². The fraction of sp³-hybridized carbons (Fsp3) is 0.750. The molecule has 1 unspecified atom stereocenters. The molecular formula is C20H32N6O3. The Bertz CT molecular complexity index is 678. The fourth-order valence-corrected chi connectivity index (χ4v) is 4.24. The van der Waals surface area contributed by atoms with E-state index in [1.54, 1.807) is 0 Å². The summed E-state index contributed by atoms with van der Waals surface area (Å²) < 4.78 is 10.8. The Morgan fingerprint density at radius 3 is 2.62 bits per heavy atom. The lowest BCUT2D eigenvalue weighted by molar-refractivity contribution is -0.136. The summed E-state index contributed by atoms with van der Waals surface area (Å²) in [7, 11) is 2.07. The SMILES string of the molecule is CN(c1nccc(N2CCOCC2)n1)C1CCCN(CC(=O)N2CCOCC2)C1. The molecule has 3 aliphatic rings. The number of hydrogen-bond donors (Lipinski definition) is 0. The highest BCUT2D eigenvalue weighted by Gasteiger charge is 2.28. The fourth-order valence-electron chi connectivity index (χ4n) is 4.24. The maximum absolute atomic E-state index is 12.6. The molecular weight excluding hydrogens is 372 g/mol. The summed E-state index contributed by atoms with van der Waals surface area (Å²) in [6, 6.07) is 2.28. The quantitative estimate of drug-likeness (QED) is 0.683. The second kappa shape index (κ2) is 9.69. The number of aromatic nitrogens is 2. The highest BCUT2D eigenvalue weighted by atomic mass is 16.5. The molecule has 4 heterocycles. The summed E-state index contributed by atoms with van der Waals surface area (Å²) in [5, 5.41) is 0. The first-order valence-electron chi connectivity index (χ1n) is 10.7. The van der Waals surface area contributed by atoms with Crippen LogP contribution in [0.2, 0.25) is 0 Å². The number of hydrogen-bond acceptors (Lipinski definition) is 8. The van der Waals surface area contributed by atoms with Gasteiger partial charge in [-0.05, 0) is 25.5 Å². The highest BCUT2D eigenvalue weighted by molar-refractivity contribution is 5.78. The molecule has 0 aromatic carbocycles. The van der Waals surface area contributed by atoms with Crippen LogP contribution in [0.1, 0.15) is 12.8 Å². The van der Waals surface area contributed by atoms with Crippen LogP contribution in [-0.2, 0) is 14.3 Å². The second-order valence-electron chi connectivity index (χ2n) is 7.95. The Kier molecular flexibility index (Phi) is 6.78. The summed E-state index contributed by atoms with van der Waals surface area (Å²) in [4.78, 5) is 30.6. The Morgan fingerprint density at radius 2 is 1.86 bits per heavy atom. The molecule has 0 bridgehead atoms.